The number of likely N-dealkylation sites (tertiary alicyclic amines) is 1. The van der Waals surface area contributed by atoms with E-state index in [2.05, 4.69) is 4.74 Å². The summed E-state index contributed by atoms with van der Waals surface area (Å²) in [6, 6.07) is 11.6. The summed E-state index contributed by atoms with van der Waals surface area (Å²) in [6.07, 6.45) is 0. The molecule has 4 amide bonds. The van der Waals surface area contributed by atoms with E-state index in [1.54, 1.807) is 19.1 Å². The van der Waals surface area contributed by atoms with E-state index in [1.165, 1.54) is 16.7 Å². The maximum Gasteiger partial charge on any atom is 0.325 e. The summed E-state index contributed by atoms with van der Waals surface area (Å²) in [4.78, 5) is 70.1. The molecule has 0 bridgehead atoms. The molecule has 0 saturated carbocycles. The van der Waals surface area contributed by atoms with Gasteiger partial charge in [0.25, 0.3) is 0 Å². The SMILES string of the molecule is COC(=O)CN1C(=O)[C@H]2[C@@H](c3ccc(C)o3)N3C(=O)CN(Cc4ccccc4)C(=O)[C@@]3(C)[C@H]2C1=O. The van der Waals surface area contributed by atoms with Crippen LogP contribution in [0.5, 0.6) is 0 Å². The van der Waals surface area contributed by atoms with Crippen LogP contribution in [0.3, 0.4) is 0 Å². The highest BCUT2D eigenvalue weighted by molar-refractivity contribution is 6.13. The van der Waals surface area contributed by atoms with Gasteiger partial charge in [-0.15, -0.1) is 0 Å². The Balaban J connectivity index is 1.60. The molecule has 0 spiro atoms. The number of nitrogens with zero attached hydrogens (tertiary/aromatic N) is 3. The van der Waals surface area contributed by atoms with Crippen molar-refractivity contribution in [3.63, 3.8) is 0 Å². The molecule has 10 heteroatoms. The quantitative estimate of drug-likeness (QED) is 0.465. The molecule has 0 N–H and O–H groups in total. The van der Waals surface area contributed by atoms with Gasteiger partial charge in [-0.2, -0.15) is 0 Å². The largest absolute Gasteiger partial charge is 0.468 e. The van der Waals surface area contributed by atoms with E-state index < -0.39 is 53.7 Å². The lowest BCUT2D eigenvalue weighted by Gasteiger charge is -2.46. The fraction of sp³-hybridized carbons (Fsp3) is 0.400. The van der Waals surface area contributed by atoms with Gasteiger partial charge in [-0.25, -0.2) is 0 Å². The zero-order chi connectivity index (χ0) is 25.1. The molecule has 3 saturated heterocycles. The van der Waals surface area contributed by atoms with Crippen molar-refractivity contribution in [3.05, 3.63) is 59.5 Å². The van der Waals surface area contributed by atoms with E-state index in [0.29, 0.717) is 11.5 Å². The van der Waals surface area contributed by atoms with Crippen molar-refractivity contribution < 1.29 is 33.1 Å². The zero-order valence-corrected chi connectivity index (χ0v) is 19.6. The van der Waals surface area contributed by atoms with Gasteiger partial charge in [0, 0.05) is 6.54 Å². The number of esters is 1. The van der Waals surface area contributed by atoms with Crippen LogP contribution >= 0.6 is 0 Å². The van der Waals surface area contributed by atoms with Crippen LogP contribution in [-0.2, 0) is 35.3 Å². The molecule has 4 atom stereocenters. The molecular weight excluding hydrogens is 454 g/mol. The average molecular weight is 479 g/mol. The molecule has 35 heavy (non-hydrogen) atoms. The Morgan fingerprint density at radius 3 is 2.43 bits per heavy atom. The number of hydrogen-bond donors (Lipinski definition) is 0. The first-order valence-corrected chi connectivity index (χ1v) is 11.3. The number of imide groups is 1. The molecule has 3 aliphatic heterocycles. The minimum Gasteiger partial charge on any atom is -0.468 e. The number of piperazine rings is 1. The highest BCUT2D eigenvalue weighted by atomic mass is 16.5. The Kier molecular flexibility index (Phi) is 5.26. The van der Waals surface area contributed by atoms with Gasteiger partial charge in [0.2, 0.25) is 23.6 Å². The Hall–Kier alpha value is -3.95. The number of carbonyl (C=O) groups is 5. The first-order valence-electron chi connectivity index (χ1n) is 11.3. The van der Waals surface area contributed by atoms with Crippen molar-refractivity contribution >= 4 is 29.6 Å². The molecule has 4 heterocycles. The molecule has 182 valence electrons. The summed E-state index contributed by atoms with van der Waals surface area (Å²) in [5.41, 5.74) is -0.794. The van der Waals surface area contributed by atoms with Crippen LogP contribution < -0.4 is 0 Å². The fourth-order valence-corrected chi connectivity index (χ4v) is 5.74. The predicted octanol–water partition coefficient (Wildman–Crippen LogP) is 1.05. The lowest BCUT2D eigenvalue weighted by Crippen LogP contribution is -2.67. The summed E-state index contributed by atoms with van der Waals surface area (Å²) in [7, 11) is 1.16. The lowest BCUT2D eigenvalue weighted by atomic mass is 9.79. The van der Waals surface area contributed by atoms with Gasteiger partial charge in [0.05, 0.1) is 18.9 Å². The molecule has 3 fully saturated rings. The Morgan fingerprint density at radius 2 is 1.80 bits per heavy atom. The Bertz CT molecular complexity index is 1240. The minimum atomic E-state index is -1.63. The second-order valence-electron chi connectivity index (χ2n) is 9.29. The van der Waals surface area contributed by atoms with Crippen molar-refractivity contribution in [2.45, 2.75) is 32.0 Å². The third kappa shape index (κ3) is 3.27. The van der Waals surface area contributed by atoms with Gasteiger partial charge in [-0.3, -0.25) is 28.9 Å². The average Bonchev–Trinajstić information content (AvgIpc) is 3.46. The number of methoxy groups -OCH3 is 1. The second kappa shape index (κ2) is 8.07. The molecule has 0 unspecified atom stereocenters. The number of rotatable bonds is 5. The van der Waals surface area contributed by atoms with Crippen LogP contribution in [0.1, 0.15) is 30.0 Å². The number of aryl methyl sites for hydroxylation is 1. The summed E-state index contributed by atoms with van der Waals surface area (Å²) in [6.45, 7) is 2.70. The number of fused-ring (bicyclic) bond motifs is 3. The molecular formula is C25H25N3O7. The maximum atomic E-state index is 14.0. The Morgan fingerprint density at radius 1 is 1.09 bits per heavy atom. The number of carbonyl (C=O) groups excluding carboxylic acids is 5. The van der Waals surface area contributed by atoms with Crippen LogP contribution in [0.2, 0.25) is 0 Å². The zero-order valence-electron chi connectivity index (χ0n) is 19.6. The van der Waals surface area contributed by atoms with Gasteiger partial charge < -0.3 is 19.0 Å². The van der Waals surface area contributed by atoms with Crippen molar-refractivity contribution in [1.82, 2.24) is 14.7 Å². The van der Waals surface area contributed by atoms with Crippen LogP contribution in [0, 0.1) is 18.8 Å². The summed E-state index contributed by atoms with van der Waals surface area (Å²) < 4.78 is 10.5. The van der Waals surface area contributed by atoms with Crippen molar-refractivity contribution in [3.8, 4) is 0 Å². The van der Waals surface area contributed by atoms with Crippen molar-refractivity contribution in [1.29, 1.82) is 0 Å². The maximum absolute atomic E-state index is 14.0. The Labute approximate surface area is 201 Å². The third-order valence-electron chi connectivity index (χ3n) is 7.27. The summed E-state index contributed by atoms with van der Waals surface area (Å²) >= 11 is 0. The third-order valence-corrected chi connectivity index (χ3v) is 7.27. The van der Waals surface area contributed by atoms with Gasteiger partial charge in [0.1, 0.15) is 36.2 Å². The number of amides is 4. The lowest BCUT2D eigenvalue weighted by molar-refractivity contribution is -0.169. The smallest absolute Gasteiger partial charge is 0.325 e. The van der Waals surface area contributed by atoms with Crippen LogP contribution in [0.4, 0.5) is 0 Å². The van der Waals surface area contributed by atoms with Crippen LogP contribution in [-0.4, -0.2) is 70.0 Å². The molecule has 10 nitrogen and oxygen atoms in total. The van der Waals surface area contributed by atoms with Gasteiger partial charge in [0.15, 0.2) is 0 Å². The van der Waals surface area contributed by atoms with Crippen LogP contribution in [0.15, 0.2) is 46.9 Å². The first-order chi connectivity index (χ1) is 16.7. The number of furan rings is 1. The molecule has 3 aliphatic rings. The predicted molar refractivity (Wildman–Crippen MR) is 119 cm³/mol. The number of hydrogen-bond acceptors (Lipinski definition) is 7. The standard InChI is InChI=1S/C25H25N3O7/c1-14-9-10-16(35-14)21-19-20(23(32)27(22(19)31)13-18(30)34-3)25(2)24(33)26(12-17(29)28(21)25)11-15-7-5-4-6-8-15/h4-10,19-21H,11-13H2,1-3H3/t19-,20-,21-,25-/m1/s1. The van der Waals surface area contributed by atoms with Gasteiger partial charge in [-0.1, -0.05) is 30.3 Å². The molecule has 5 rings (SSSR count). The van der Waals surface area contributed by atoms with E-state index in [-0.39, 0.29) is 19.0 Å². The second-order valence-corrected chi connectivity index (χ2v) is 9.29. The van der Waals surface area contributed by atoms with E-state index >= 15 is 0 Å². The van der Waals surface area contributed by atoms with Gasteiger partial charge in [-0.05, 0) is 31.5 Å². The topological polar surface area (TPSA) is 117 Å². The highest BCUT2D eigenvalue weighted by Crippen LogP contribution is 2.56. The minimum absolute atomic E-state index is 0.185. The molecule has 0 radical (unpaired) electrons. The van der Waals surface area contributed by atoms with Crippen LogP contribution in [0.25, 0.3) is 0 Å². The molecule has 0 aliphatic carbocycles. The van der Waals surface area contributed by atoms with Crippen molar-refractivity contribution in [2.75, 3.05) is 20.2 Å². The molecule has 2 aromatic rings. The fourth-order valence-electron chi connectivity index (χ4n) is 5.74. The normalized spacial score (nSPS) is 28.0. The van der Waals surface area contributed by atoms with Gasteiger partial charge >= 0.3 is 5.97 Å². The molecule has 1 aromatic carbocycles. The van der Waals surface area contributed by atoms with Crippen molar-refractivity contribution in [2.24, 2.45) is 11.8 Å². The molecule has 1 aromatic heterocycles. The summed E-state index contributed by atoms with van der Waals surface area (Å²) in [5.74, 6) is -4.20. The number of ether oxygens (including phenoxy) is 1. The first kappa shape index (κ1) is 22.8. The number of benzene rings is 1. The van der Waals surface area contributed by atoms with E-state index in [4.69, 9.17) is 4.42 Å². The highest BCUT2D eigenvalue weighted by Gasteiger charge is 2.73. The van der Waals surface area contributed by atoms with E-state index in [0.717, 1.165) is 17.6 Å². The van der Waals surface area contributed by atoms with E-state index in [1.807, 2.05) is 30.3 Å². The summed E-state index contributed by atoms with van der Waals surface area (Å²) in [5, 5.41) is 0. The monoisotopic (exact) mass is 479 g/mol. The van der Waals surface area contributed by atoms with E-state index in [9.17, 15) is 24.0 Å².